The van der Waals surface area contributed by atoms with Crippen LogP contribution in [0.25, 0.3) is 0 Å². The number of carbonyl (C=O) groups excluding carboxylic acids is 1. The standard InChI is InChI=1S/C16H23OP/c1-4-13-8-6-7-9-14(11-10-13)16(12(3)17)15(18)5-2/h6-11,15-16H,4-5,18H2,1-3H3. The van der Waals surface area contributed by atoms with Gasteiger partial charge in [-0.3, -0.25) is 4.79 Å². The Bertz CT molecular complexity index is 413. The van der Waals surface area contributed by atoms with Gasteiger partial charge in [-0.1, -0.05) is 50.3 Å². The van der Waals surface area contributed by atoms with Gasteiger partial charge in [-0.25, -0.2) is 0 Å². The summed E-state index contributed by atoms with van der Waals surface area (Å²) >= 11 is 0. The smallest absolute Gasteiger partial charge is 0.137 e. The lowest BCUT2D eigenvalue weighted by molar-refractivity contribution is -0.119. The maximum atomic E-state index is 11.9. The molecule has 18 heavy (non-hydrogen) atoms. The fourth-order valence-corrected chi connectivity index (χ4v) is 2.62. The first-order chi connectivity index (χ1) is 8.60. The zero-order valence-electron chi connectivity index (χ0n) is 11.5. The second-order valence-electron chi connectivity index (χ2n) is 4.64. The lowest BCUT2D eigenvalue weighted by Crippen LogP contribution is -2.23. The van der Waals surface area contributed by atoms with Crippen molar-refractivity contribution in [2.24, 2.45) is 5.92 Å². The third-order valence-electron chi connectivity index (χ3n) is 3.30. The average Bonchev–Trinajstić information content (AvgIpc) is 2.32. The van der Waals surface area contributed by atoms with Gasteiger partial charge >= 0.3 is 0 Å². The Balaban J connectivity index is 3.07. The van der Waals surface area contributed by atoms with Crippen molar-refractivity contribution in [3.05, 3.63) is 47.6 Å². The molecule has 0 bridgehead atoms. The molecule has 0 heterocycles. The highest BCUT2D eigenvalue weighted by atomic mass is 31.0. The van der Waals surface area contributed by atoms with E-state index in [9.17, 15) is 4.79 Å². The van der Waals surface area contributed by atoms with Crippen molar-refractivity contribution in [1.29, 1.82) is 0 Å². The topological polar surface area (TPSA) is 17.1 Å². The van der Waals surface area contributed by atoms with Crippen molar-refractivity contribution in [2.75, 3.05) is 0 Å². The minimum atomic E-state index is -0.0166. The summed E-state index contributed by atoms with van der Waals surface area (Å²) in [5, 5.41) is 0. The molecule has 0 amide bonds. The summed E-state index contributed by atoms with van der Waals surface area (Å²) < 4.78 is 0. The van der Waals surface area contributed by atoms with E-state index < -0.39 is 0 Å². The molecule has 0 radical (unpaired) electrons. The quantitative estimate of drug-likeness (QED) is 0.677. The molecule has 0 aromatic heterocycles. The maximum Gasteiger partial charge on any atom is 0.137 e. The number of carbonyl (C=O) groups is 1. The van der Waals surface area contributed by atoms with Crippen molar-refractivity contribution in [3.63, 3.8) is 0 Å². The molecule has 1 aliphatic carbocycles. The van der Waals surface area contributed by atoms with Crippen LogP contribution >= 0.6 is 9.24 Å². The third-order valence-corrected chi connectivity index (χ3v) is 4.16. The van der Waals surface area contributed by atoms with Crippen LogP contribution in [0.15, 0.2) is 47.6 Å². The molecular weight excluding hydrogens is 239 g/mol. The summed E-state index contributed by atoms with van der Waals surface area (Å²) in [5.74, 6) is 0.223. The highest BCUT2D eigenvalue weighted by molar-refractivity contribution is 7.17. The number of allylic oxidation sites excluding steroid dienone is 8. The van der Waals surface area contributed by atoms with Crippen LogP contribution in [0.1, 0.15) is 33.6 Å². The second-order valence-corrected chi connectivity index (χ2v) is 5.50. The molecule has 3 atom stereocenters. The van der Waals surface area contributed by atoms with Crippen LogP contribution in [0, 0.1) is 5.92 Å². The highest BCUT2D eigenvalue weighted by Gasteiger charge is 2.23. The van der Waals surface area contributed by atoms with Crippen molar-refractivity contribution < 1.29 is 4.79 Å². The summed E-state index contributed by atoms with van der Waals surface area (Å²) in [6.07, 6.45) is 14.5. The largest absolute Gasteiger partial charge is 0.299 e. The first-order valence-electron chi connectivity index (χ1n) is 6.61. The van der Waals surface area contributed by atoms with E-state index in [4.69, 9.17) is 0 Å². The predicted molar refractivity (Wildman–Crippen MR) is 82.7 cm³/mol. The Morgan fingerprint density at radius 2 is 1.89 bits per heavy atom. The molecule has 0 spiro atoms. The van der Waals surface area contributed by atoms with E-state index in [1.807, 2.05) is 12.2 Å². The molecule has 0 aliphatic heterocycles. The number of rotatable bonds is 5. The molecule has 1 aliphatic rings. The Hall–Kier alpha value is -0.940. The Morgan fingerprint density at radius 1 is 1.22 bits per heavy atom. The van der Waals surface area contributed by atoms with Crippen LogP contribution in [-0.2, 0) is 4.79 Å². The van der Waals surface area contributed by atoms with E-state index in [0.717, 1.165) is 18.4 Å². The molecule has 0 aromatic carbocycles. The Labute approximate surface area is 113 Å². The van der Waals surface area contributed by atoms with Crippen LogP contribution in [0.4, 0.5) is 0 Å². The van der Waals surface area contributed by atoms with Crippen molar-refractivity contribution >= 4 is 15.0 Å². The molecule has 1 nitrogen and oxygen atoms in total. The number of ketones is 1. The van der Waals surface area contributed by atoms with Gasteiger partial charge in [0.05, 0.1) is 0 Å². The average molecular weight is 262 g/mol. The summed E-state index contributed by atoms with van der Waals surface area (Å²) in [6.45, 7) is 5.95. The predicted octanol–water partition coefficient (Wildman–Crippen LogP) is 4.23. The van der Waals surface area contributed by atoms with E-state index in [2.05, 4.69) is 47.4 Å². The summed E-state index contributed by atoms with van der Waals surface area (Å²) in [7, 11) is 2.81. The molecule has 0 N–H and O–H groups in total. The number of Topliss-reactive ketones (excluding diaryl/α,β-unsaturated/α-hetero) is 1. The van der Waals surface area contributed by atoms with Gasteiger partial charge in [-0.05, 0) is 36.6 Å². The number of hydrogen-bond acceptors (Lipinski definition) is 1. The summed E-state index contributed by atoms with van der Waals surface area (Å²) in [5.41, 5.74) is 2.70. The van der Waals surface area contributed by atoms with Crippen LogP contribution < -0.4 is 0 Å². The lowest BCUT2D eigenvalue weighted by atomic mass is 9.88. The van der Waals surface area contributed by atoms with E-state index in [0.29, 0.717) is 5.66 Å². The van der Waals surface area contributed by atoms with Gasteiger partial charge in [-0.15, -0.1) is 9.24 Å². The van der Waals surface area contributed by atoms with E-state index >= 15 is 0 Å². The van der Waals surface area contributed by atoms with E-state index in [-0.39, 0.29) is 11.7 Å². The van der Waals surface area contributed by atoms with Crippen LogP contribution in [0.3, 0.4) is 0 Å². The monoisotopic (exact) mass is 262 g/mol. The Kier molecular flexibility index (Phi) is 6.29. The van der Waals surface area contributed by atoms with Gasteiger partial charge in [0.25, 0.3) is 0 Å². The van der Waals surface area contributed by atoms with Gasteiger partial charge in [-0.2, -0.15) is 0 Å². The first kappa shape index (κ1) is 15.1. The van der Waals surface area contributed by atoms with Crippen LogP contribution in [-0.4, -0.2) is 11.4 Å². The zero-order valence-corrected chi connectivity index (χ0v) is 12.7. The zero-order chi connectivity index (χ0) is 13.5. The molecule has 2 heteroatoms. The van der Waals surface area contributed by atoms with Crippen molar-refractivity contribution in [3.8, 4) is 0 Å². The van der Waals surface area contributed by atoms with Gasteiger partial charge < -0.3 is 0 Å². The lowest BCUT2D eigenvalue weighted by Gasteiger charge is -2.21. The van der Waals surface area contributed by atoms with E-state index in [1.54, 1.807) is 6.92 Å². The van der Waals surface area contributed by atoms with Gasteiger partial charge in [0.15, 0.2) is 0 Å². The highest BCUT2D eigenvalue weighted by Crippen LogP contribution is 2.27. The molecule has 1 rings (SSSR count). The van der Waals surface area contributed by atoms with Crippen LogP contribution in [0.5, 0.6) is 0 Å². The van der Waals surface area contributed by atoms with Crippen molar-refractivity contribution in [1.82, 2.24) is 0 Å². The van der Waals surface area contributed by atoms with Gasteiger partial charge in [0, 0.05) is 5.92 Å². The summed E-state index contributed by atoms with van der Waals surface area (Å²) in [6, 6.07) is 0. The third kappa shape index (κ3) is 4.07. The molecule has 0 saturated carbocycles. The normalized spacial score (nSPS) is 18.4. The van der Waals surface area contributed by atoms with Gasteiger partial charge in [0.1, 0.15) is 5.78 Å². The van der Waals surface area contributed by atoms with Gasteiger partial charge in [0.2, 0.25) is 0 Å². The molecule has 0 fully saturated rings. The minimum absolute atomic E-state index is 0.0166. The van der Waals surface area contributed by atoms with Crippen molar-refractivity contribution in [2.45, 2.75) is 39.3 Å². The first-order valence-corrected chi connectivity index (χ1v) is 7.28. The SMILES string of the molecule is CCC1=CC=C(C(C(C)=O)C(P)CC)C=CC=C1. The van der Waals surface area contributed by atoms with E-state index in [1.165, 1.54) is 5.57 Å². The van der Waals surface area contributed by atoms with Crippen LogP contribution in [0.2, 0.25) is 0 Å². The molecule has 0 aromatic rings. The second kappa shape index (κ2) is 7.48. The maximum absolute atomic E-state index is 11.9. The number of hydrogen-bond donors (Lipinski definition) is 0. The fraction of sp³-hybridized carbons (Fsp3) is 0.438. The molecular formula is C16H23OP. The fourth-order valence-electron chi connectivity index (χ4n) is 2.12. The summed E-state index contributed by atoms with van der Waals surface area (Å²) in [4.78, 5) is 11.9. The molecule has 98 valence electrons. The molecule has 0 saturated heterocycles. The Morgan fingerprint density at radius 3 is 2.44 bits per heavy atom. The molecule has 3 unspecified atom stereocenters. The minimum Gasteiger partial charge on any atom is -0.299 e.